The van der Waals surface area contributed by atoms with Crippen LogP contribution < -0.4 is 10.1 Å². The van der Waals surface area contributed by atoms with Crippen LogP contribution in [0.2, 0.25) is 5.02 Å². The number of benzene rings is 2. The molecule has 0 unspecified atom stereocenters. The number of amides is 1. The van der Waals surface area contributed by atoms with Gasteiger partial charge < -0.3 is 10.1 Å². The first-order chi connectivity index (χ1) is 13.9. The molecule has 5 heteroatoms. The second kappa shape index (κ2) is 10.1. The summed E-state index contributed by atoms with van der Waals surface area (Å²) in [6.07, 6.45) is 3.39. The van der Waals surface area contributed by atoms with E-state index in [-0.39, 0.29) is 5.91 Å². The number of aryl methyl sites for hydroxylation is 2. The molecule has 1 aliphatic heterocycles. The third-order valence-electron chi connectivity index (χ3n) is 5.44. The van der Waals surface area contributed by atoms with E-state index in [4.69, 9.17) is 16.3 Å². The number of piperidine rings is 1. The van der Waals surface area contributed by atoms with Gasteiger partial charge >= 0.3 is 0 Å². The summed E-state index contributed by atoms with van der Waals surface area (Å²) in [5.74, 6) is 0.529. The topological polar surface area (TPSA) is 41.6 Å². The van der Waals surface area contributed by atoms with Crippen molar-refractivity contribution in [3.63, 3.8) is 0 Å². The molecule has 1 saturated heterocycles. The van der Waals surface area contributed by atoms with Crippen LogP contribution in [0, 0.1) is 13.8 Å². The van der Waals surface area contributed by atoms with Crippen LogP contribution in [0.3, 0.4) is 0 Å². The number of carbonyl (C=O) groups excluding carboxylic acids is 1. The van der Waals surface area contributed by atoms with Crippen LogP contribution in [0.15, 0.2) is 36.4 Å². The summed E-state index contributed by atoms with van der Waals surface area (Å²) in [7, 11) is 0. The van der Waals surface area contributed by atoms with Crippen LogP contribution in [0.5, 0.6) is 5.75 Å². The molecule has 1 aliphatic rings. The maximum Gasteiger partial charge on any atom is 0.261 e. The summed E-state index contributed by atoms with van der Waals surface area (Å²) in [6.45, 7) is 9.53. The molecular weight excluding hydrogens is 384 g/mol. The number of hydrogen-bond donors (Lipinski definition) is 1. The SMILES string of the molecule is Cc1cc(O[C@H](C)C(=O)NCc2ccc(CN3CCCCC3)cc2)cc(C)c1Cl. The van der Waals surface area contributed by atoms with Crippen molar-refractivity contribution in [1.82, 2.24) is 10.2 Å². The number of nitrogens with zero attached hydrogens (tertiary/aromatic N) is 1. The first-order valence-electron chi connectivity index (χ1n) is 10.4. The van der Waals surface area contributed by atoms with Gasteiger partial charge in [-0.25, -0.2) is 0 Å². The van der Waals surface area contributed by atoms with Crippen molar-refractivity contribution < 1.29 is 9.53 Å². The highest BCUT2D eigenvalue weighted by Crippen LogP contribution is 2.26. The zero-order valence-electron chi connectivity index (χ0n) is 17.6. The third kappa shape index (κ3) is 6.22. The highest BCUT2D eigenvalue weighted by molar-refractivity contribution is 6.32. The zero-order valence-corrected chi connectivity index (χ0v) is 18.4. The summed E-state index contributed by atoms with van der Waals surface area (Å²) in [4.78, 5) is 14.9. The first kappa shape index (κ1) is 21.7. The van der Waals surface area contributed by atoms with Gasteiger partial charge in [0.25, 0.3) is 5.91 Å². The van der Waals surface area contributed by atoms with E-state index in [0.717, 1.165) is 28.3 Å². The van der Waals surface area contributed by atoms with Gasteiger partial charge in [-0.2, -0.15) is 0 Å². The summed E-state index contributed by atoms with van der Waals surface area (Å²) >= 11 is 6.19. The van der Waals surface area contributed by atoms with Crippen LogP contribution in [0.25, 0.3) is 0 Å². The monoisotopic (exact) mass is 414 g/mol. The fourth-order valence-corrected chi connectivity index (χ4v) is 3.81. The van der Waals surface area contributed by atoms with Crippen molar-refractivity contribution in [2.45, 2.75) is 59.2 Å². The van der Waals surface area contributed by atoms with E-state index in [1.807, 2.05) is 26.0 Å². The Labute approximate surface area is 179 Å². The Kier molecular flexibility index (Phi) is 7.57. The Morgan fingerprint density at radius 2 is 1.66 bits per heavy atom. The number of hydrogen-bond acceptors (Lipinski definition) is 3. The van der Waals surface area contributed by atoms with Crippen molar-refractivity contribution in [1.29, 1.82) is 0 Å². The average Bonchev–Trinajstić information content (AvgIpc) is 2.72. The number of ether oxygens (including phenoxy) is 1. The molecule has 0 bridgehead atoms. The molecule has 29 heavy (non-hydrogen) atoms. The number of rotatable bonds is 7. The molecule has 0 aromatic heterocycles. The van der Waals surface area contributed by atoms with E-state index in [1.165, 1.54) is 37.9 Å². The smallest absolute Gasteiger partial charge is 0.261 e. The highest BCUT2D eigenvalue weighted by atomic mass is 35.5. The molecule has 2 aromatic carbocycles. The van der Waals surface area contributed by atoms with Crippen LogP contribution in [-0.4, -0.2) is 30.0 Å². The van der Waals surface area contributed by atoms with E-state index in [1.54, 1.807) is 6.92 Å². The molecule has 0 spiro atoms. The zero-order chi connectivity index (χ0) is 20.8. The van der Waals surface area contributed by atoms with Gasteiger partial charge in [0.05, 0.1) is 0 Å². The minimum absolute atomic E-state index is 0.132. The molecule has 4 nitrogen and oxygen atoms in total. The van der Waals surface area contributed by atoms with Gasteiger partial charge in [-0.1, -0.05) is 42.3 Å². The third-order valence-corrected chi connectivity index (χ3v) is 6.03. The summed E-state index contributed by atoms with van der Waals surface area (Å²) < 4.78 is 5.81. The molecule has 156 valence electrons. The molecule has 1 N–H and O–H groups in total. The number of likely N-dealkylation sites (tertiary alicyclic amines) is 1. The van der Waals surface area contributed by atoms with Gasteiger partial charge in [0, 0.05) is 18.1 Å². The maximum atomic E-state index is 12.4. The van der Waals surface area contributed by atoms with E-state index >= 15 is 0 Å². The molecule has 0 radical (unpaired) electrons. The average molecular weight is 415 g/mol. The Morgan fingerprint density at radius 1 is 1.07 bits per heavy atom. The highest BCUT2D eigenvalue weighted by Gasteiger charge is 2.16. The molecule has 0 aliphatic carbocycles. The standard InChI is InChI=1S/C24H31ClN2O2/c1-17-13-22(14-18(2)23(17)25)29-19(3)24(28)26-15-20-7-9-21(10-8-20)16-27-11-5-4-6-12-27/h7-10,13-14,19H,4-6,11-12,15-16H2,1-3H3,(H,26,28)/t19-/m1/s1. The van der Waals surface area contributed by atoms with Crippen LogP contribution in [-0.2, 0) is 17.9 Å². The summed E-state index contributed by atoms with van der Waals surface area (Å²) in [5, 5.41) is 3.69. The van der Waals surface area contributed by atoms with E-state index in [9.17, 15) is 4.79 Å². The van der Waals surface area contributed by atoms with Crippen LogP contribution in [0.4, 0.5) is 0 Å². The molecule has 2 aromatic rings. The fraction of sp³-hybridized carbons (Fsp3) is 0.458. The van der Waals surface area contributed by atoms with Gasteiger partial charge in [0.1, 0.15) is 5.75 Å². The summed E-state index contributed by atoms with van der Waals surface area (Å²) in [6, 6.07) is 12.2. The van der Waals surface area contributed by atoms with Gasteiger partial charge in [-0.3, -0.25) is 9.69 Å². The van der Waals surface area contributed by atoms with Gasteiger partial charge in [0.2, 0.25) is 0 Å². The van der Waals surface area contributed by atoms with Crippen molar-refractivity contribution >= 4 is 17.5 Å². The van der Waals surface area contributed by atoms with E-state index in [0.29, 0.717) is 12.3 Å². The lowest BCUT2D eigenvalue weighted by atomic mass is 10.1. The van der Waals surface area contributed by atoms with Crippen molar-refractivity contribution in [3.05, 3.63) is 63.7 Å². The number of nitrogens with one attached hydrogen (secondary N) is 1. The fourth-order valence-electron chi connectivity index (χ4n) is 3.70. The molecule has 3 rings (SSSR count). The van der Waals surface area contributed by atoms with Crippen LogP contribution >= 0.6 is 11.6 Å². The van der Waals surface area contributed by atoms with E-state index in [2.05, 4.69) is 34.5 Å². The quantitative estimate of drug-likeness (QED) is 0.691. The van der Waals surface area contributed by atoms with Gasteiger partial charge in [0.15, 0.2) is 6.10 Å². The second-order valence-corrected chi connectivity index (χ2v) is 8.38. The molecule has 1 fully saturated rings. The Bertz CT molecular complexity index is 806. The predicted octanol–water partition coefficient (Wildman–Crippen LogP) is 5.03. The lowest BCUT2D eigenvalue weighted by Crippen LogP contribution is -2.35. The minimum Gasteiger partial charge on any atom is -0.481 e. The molecule has 1 amide bonds. The summed E-state index contributed by atoms with van der Waals surface area (Å²) in [5.41, 5.74) is 4.30. The van der Waals surface area contributed by atoms with E-state index < -0.39 is 6.10 Å². The molecule has 1 atom stereocenters. The molecule has 0 saturated carbocycles. The Hall–Kier alpha value is -2.04. The largest absolute Gasteiger partial charge is 0.481 e. The normalized spacial score (nSPS) is 15.7. The number of carbonyl (C=O) groups is 1. The molecule has 1 heterocycles. The number of halogens is 1. The molecular formula is C24H31ClN2O2. The van der Waals surface area contributed by atoms with Crippen molar-refractivity contribution in [2.75, 3.05) is 13.1 Å². The van der Waals surface area contributed by atoms with Crippen LogP contribution in [0.1, 0.15) is 48.4 Å². The minimum atomic E-state index is -0.576. The Morgan fingerprint density at radius 3 is 2.28 bits per heavy atom. The Balaban J connectivity index is 1.48. The maximum absolute atomic E-state index is 12.4. The van der Waals surface area contributed by atoms with Gasteiger partial charge in [-0.15, -0.1) is 0 Å². The van der Waals surface area contributed by atoms with Gasteiger partial charge in [-0.05, 0) is 81.1 Å². The van der Waals surface area contributed by atoms with Crippen molar-refractivity contribution in [3.8, 4) is 5.75 Å². The first-order valence-corrected chi connectivity index (χ1v) is 10.8. The van der Waals surface area contributed by atoms with Crippen molar-refractivity contribution in [2.24, 2.45) is 0 Å². The second-order valence-electron chi connectivity index (χ2n) is 8.00. The lowest BCUT2D eigenvalue weighted by molar-refractivity contribution is -0.127. The lowest BCUT2D eigenvalue weighted by Gasteiger charge is -2.26. The predicted molar refractivity (Wildman–Crippen MR) is 118 cm³/mol.